The Labute approximate surface area is 75.0 Å². The van der Waals surface area contributed by atoms with Crippen molar-refractivity contribution in [3.8, 4) is 0 Å². The van der Waals surface area contributed by atoms with Crippen LogP contribution in [-0.2, 0) is 0 Å². The molecule has 1 fully saturated rings. The molecule has 70 valence electrons. The summed E-state index contributed by atoms with van der Waals surface area (Å²) in [6, 6.07) is 0.223. The number of nitrogens with one attached hydrogen (secondary N) is 1. The van der Waals surface area contributed by atoms with Gasteiger partial charge in [0.25, 0.3) is 0 Å². The van der Waals surface area contributed by atoms with E-state index in [1.807, 2.05) is 0 Å². The van der Waals surface area contributed by atoms with Gasteiger partial charge in [-0.05, 0) is 24.7 Å². The summed E-state index contributed by atoms with van der Waals surface area (Å²) in [5, 5.41) is 7.86. The minimum atomic E-state index is 0.223. The van der Waals surface area contributed by atoms with Crippen LogP contribution in [-0.4, -0.2) is 11.8 Å². The first-order chi connectivity index (χ1) is 5.52. The second kappa shape index (κ2) is 3.56. The maximum absolute atomic E-state index is 7.86. The molecular formula is C10H20N2. The molecule has 0 heterocycles. The highest BCUT2D eigenvalue weighted by molar-refractivity contribution is 5.85. The molecule has 3 N–H and O–H groups in total. The van der Waals surface area contributed by atoms with E-state index in [1.54, 1.807) is 0 Å². The van der Waals surface area contributed by atoms with Gasteiger partial charge in [-0.3, -0.25) is 0 Å². The molecule has 1 aliphatic rings. The Hall–Kier alpha value is -0.370. The SMILES string of the molecule is CC1CC(=N)C(C(C)C)C(N)C1. The Morgan fingerprint density at radius 2 is 2.08 bits per heavy atom. The molecule has 1 saturated carbocycles. The van der Waals surface area contributed by atoms with Crippen LogP contribution >= 0.6 is 0 Å². The molecule has 0 spiro atoms. The van der Waals surface area contributed by atoms with E-state index in [1.165, 1.54) is 0 Å². The van der Waals surface area contributed by atoms with E-state index in [4.69, 9.17) is 11.1 Å². The van der Waals surface area contributed by atoms with Crippen LogP contribution in [0.25, 0.3) is 0 Å². The molecule has 12 heavy (non-hydrogen) atoms. The summed E-state index contributed by atoms with van der Waals surface area (Å²) in [7, 11) is 0. The smallest absolute Gasteiger partial charge is 0.0141 e. The summed E-state index contributed by atoms with van der Waals surface area (Å²) < 4.78 is 0. The fourth-order valence-corrected chi connectivity index (χ4v) is 2.36. The van der Waals surface area contributed by atoms with Crippen molar-refractivity contribution in [2.75, 3.05) is 0 Å². The first-order valence-electron chi connectivity index (χ1n) is 4.85. The molecule has 2 heteroatoms. The Morgan fingerprint density at radius 3 is 2.50 bits per heavy atom. The summed E-state index contributed by atoms with van der Waals surface area (Å²) in [4.78, 5) is 0. The van der Waals surface area contributed by atoms with Crippen molar-refractivity contribution >= 4 is 5.71 Å². The van der Waals surface area contributed by atoms with Crippen molar-refractivity contribution in [1.82, 2.24) is 0 Å². The van der Waals surface area contributed by atoms with Crippen molar-refractivity contribution in [1.29, 1.82) is 5.41 Å². The zero-order chi connectivity index (χ0) is 9.30. The van der Waals surface area contributed by atoms with Crippen LogP contribution in [0, 0.1) is 23.2 Å². The second-order valence-corrected chi connectivity index (χ2v) is 4.50. The molecule has 0 aliphatic heterocycles. The van der Waals surface area contributed by atoms with Gasteiger partial charge in [-0.2, -0.15) is 0 Å². The summed E-state index contributed by atoms with van der Waals surface area (Å²) in [5.41, 5.74) is 6.89. The van der Waals surface area contributed by atoms with Gasteiger partial charge >= 0.3 is 0 Å². The van der Waals surface area contributed by atoms with Crippen molar-refractivity contribution in [2.24, 2.45) is 23.5 Å². The van der Waals surface area contributed by atoms with Crippen LogP contribution < -0.4 is 5.73 Å². The Bertz CT molecular complexity index is 175. The van der Waals surface area contributed by atoms with Crippen LogP contribution in [0.1, 0.15) is 33.6 Å². The predicted octanol–water partition coefficient (Wildman–Crippen LogP) is 2.04. The summed E-state index contributed by atoms with van der Waals surface area (Å²) in [5.74, 6) is 1.48. The predicted molar refractivity (Wildman–Crippen MR) is 52.4 cm³/mol. The lowest BCUT2D eigenvalue weighted by molar-refractivity contribution is 0.316. The van der Waals surface area contributed by atoms with Crippen molar-refractivity contribution in [2.45, 2.75) is 39.7 Å². The van der Waals surface area contributed by atoms with Gasteiger partial charge in [-0.25, -0.2) is 0 Å². The molecule has 2 nitrogen and oxygen atoms in total. The highest BCUT2D eigenvalue weighted by atomic mass is 14.7. The molecule has 3 unspecified atom stereocenters. The lowest BCUT2D eigenvalue weighted by atomic mass is 9.73. The minimum absolute atomic E-state index is 0.223. The van der Waals surface area contributed by atoms with E-state index in [0.29, 0.717) is 17.8 Å². The third-order valence-corrected chi connectivity index (χ3v) is 2.82. The average molecular weight is 168 g/mol. The molecule has 1 aliphatic carbocycles. The molecule has 3 atom stereocenters. The molecule has 0 radical (unpaired) electrons. The zero-order valence-corrected chi connectivity index (χ0v) is 8.30. The molecule has 0 aromatic rings. The summed E-state index contributed by atoms with van der Waals surface area (Å²) >= 11 is 0. The highest BCUT2D eigenvalue weighted by Crippen LogP contribution is 2.29. The van der Waals surface area contributed by atoms with Gasteiger partial charge in [0.2, 0.25) is 0 Å². The van der Waals surface area contributed by atoms with Crippen molar-refractivity contribution < 1.29 is 0 Å². The Balaban J connectivity index is 2.67. The fraction of sp³-hybridized carbons (Fsp3) is 0.900. The first-order valence-corrected chi connectivity index (χ1v) is 4.85. The van der Waals surface area contributed by atoms with Gasteiger partial charge in [-0.1, -0.05) is 20.8 Å². The zero-order valence-electron chi connectivity index (χ0n) is 8.30. The fourth-order valence-electron chi connectivity index (χ4n) is 2.36. The standard InChI is InChI=1S/C10H20N2/c1-6(2)10-8(11)4-7(3)5-9(10)12/h6-8,10,12H,4-5,11H2,1-3H3. The number of rotatable bonds is 1. The van der Waals surface area contributed by atoms with Gasteiger partial charge in [0.05, 0.1) is 0 Å². The summed E-state index contributed by atoms with van der Waals surface area (Å²) in [6.45, 7) is 6.51. The third kappa shape index (κ3) is 1.86. The minimum Gasteiger partial charge on any atom is -0.327 e. The number of hydrogen-bond acceptors (Lipinski definition) is 2. The van der Waals surface area contributed by atoms with Crippen LogP contribution in [0.15, 0.2) is 0 Å². The topological polar surface area (TPSA) is 49.9 Å². The molecule has 0 saturated heterocycles. The van der Waals surface area contributed by atoms with E-state index in [2.05, 4.69) is 20.8 Å². The monoisotopic (exact) mass is 168 g/mol. The van der Waals surface area contributed by atoms with Gasteiger partial charge in [0.1, 0.15) is 0 Å². The van der Waals surface area contributed by atoms with Crippen molar-refractivity contribution in [3.05, 3.63) is 0 Å². The Kier molecular flexibility index (Phi) is 2.89. The normalized spacial score (nSPS) is 37.4. The average Bonchev–Trinajstić information content (AvgIpc) is 1.82. The van der Waals surface area contributed by atoms with Crippen LogP contribution in [0.2, 0.25) is 0 Å². The molecule has 0 amide bonds. The quantitative estimate of drug-likeness (QED) is 0.618. The highest BCUT2D eigenvalue weighted by Gasteiger charge is 2.31. The largest absolute Gasteiger partial charge is 0.327 e. The van der Waals surface area contributed by atoms with Crippen LogP contribution in [0.5, 0.6) is 0 Å². The maximum atomic E-state index is 7.86. The molecular weight excluding hydrogens is 148 g/mol. The van der Waals surface area contributed by atoms with Gasteiger partial charge < -0.3 is 11.1 Å². The molecule has 0 aromatic heterocycles. The van der Waals surface area contributed by atoms with E-state index >= 15 is 0 Å². The number of nitrogens with two attached hydrogens (primary N) is 1. The Morgan fingerprint density at radius 1 is 1.50 bits per heavy atom. The molecule has 0 aromatic carbocycles. The van der Waals surface area contributed by atoms with Crippen LogP contribution in [0.3, 0.4) is 0 Å². The second-order valence-electron chi connectivity index (χ2n) is 4.50. The molecule has 1 rings (SSSR count). The van der Waals surface area contributed by atoms with E-state index in [-0.39, 0.29) is 6.04 Å². The molecule has 0 bridgehead atoms. The lowest BCUT2D eigenvalue weighted by Crippen LogP contribution is -2.44. The summed E-state index contributed by atoms with van der Waals surface area (Å²) in [6.07, 6.45) is 2.04. The van der Waals surface area contributed by atoms with E-state index in [9.17, 15) is 0 Å². The van der Waals surface area contributed by atoms with Gasteiger partial charge in [0.15, 0.2) is 0 Å². The van der Waals surface area contributed by atoms with Gasteiger partial charge in [0, 0.05) is 17.7 Å². The maximum Gasteiger partial charge on any atom is 0.0141 e. The lowest BCUT2D eigenvalue weighted by Gasteiger charge is -2.35. The third-order valence-electron chi connectivity index (χ3n) is 2.82. The van der Waals surface area contributed by atoms with E-state index in [0.717, 1.165) is 18.6 Å². The van der Waals surface area contributed by atoms with E-state index < -0.39 is 0 Å². The van der Waals surface area contributed by atoms with Crippen molar-refractivity contribution in [3.63, 3.8) is 0 Å². The van der Waals surface area contributed by atoms with Crippen LogP contribution in [0.4, 0.5) is 0 Å². The first kappa shape index (κ1) is 9.72. The number of hydrogen-bond donors (Lipinski definition) is 2. The van der Waals surface area contributed by atoms with Gasteiger partial charge in [-0.15, -0.1) is 0 Å².